The minimum Gasteiger partial charge on any atom is -0.492 e. The average molecular weight is 333 g/mol. The van der Waals surface area contributed by atoms with Gasteiger partial charge in [-0.05, 0) is 30.2 Å². The molecule has 120 valence electrons. The molecule has 0 radical (unpaired) electrons. The highest BCUT2D eigenvalue weighted by Crippen LogP contribution is 2.27. The molecule has 0 saturated heterocycles. The fraction of sp³-hybridized carbons (Fsp3) is 0.267. The zero-order valence-corrected chi connectivity index (χ0v) is 13.2. The van der Waals surface area contributed by atoms with Gasteiger partial charge in [-0.1, -0.05) is 18.2 Å². The van der Waals surface area contributed by atoms with E-state index in [0.717, 1.165) is 17.6 Å². The summed E-state index contributed by atoms with van der Waals surface area (Å²) in [7, 11) is -3.41. The van der Waals surface area contributed by atoms with Gasteiger partial charge in [0.2, 0.25) is 5.91 Å². The number of aromatic nitrogens is 2. The van der Waals surface area contributed by atoms with Crippen LogP contribution < -0.4 is 10.1 Å². The third-order valence-electron chi connectivity index (χ3n) is 3.52. The summed E-state index contributed by atoms with van der Waals surface area (Å²) < 4.78 is 28.2. The Morgan fingerprint density at radius 1 is 1.22 bits per heavy atom. The molecular formula is C15H15N3O4S. The van der Waals surface area contributed by atoms with E-state index in [1.807, 2.05) is 24.3 Å². The van der Waals surface area contributed by atoms with Gasteiger partial charge in [0.1, 0.15) is 12.4 Å². The summed E-state index contributed by atoms with van der Waals surface area (Å²) >= 11 is 0. The number of carbonyl (C=O) groups is 1. The van der Waals surface area contributed by atoms with Gasteiger partial charge in [-0.2, -0.15) is 0 Å². The van der Waals surface area contributed by atoms with E-state index in [-0.39, 0.29) is 29.3 Å². The molecule has 23 heavy (non-hydrogen) atoms. The molecule has 1 aliphatic heterocycles. The first-order valence-corrected chi connectivity index (χ1v) is 8.88. The second kappa shape index (κ2) is 5.96. The van der Waals surface area contributed by atoms with Crippen LogP contribution in [0, 0.1) is 5.92 Å². The SMILES string of the molecule is CS(=O)(=O)c1ccc(NC(=O)C2COc3ccccc3C2)nn1. The number of amides is 1. The third kappa shape index (κ3) is 3.48. The predicted octanol–water partition coefficient (Wildman–Crippen LogP) is 1.07. The van der Waals surface area contributed by atoms with Crippen molar-refractivity contribution in [3.05, 3.63) is 42.0 Å². The number of rotatable bonds is 3. The lowest BCUT2D eigenvalue weighted by molar-refractivity contribution is -0.121. The lowest BCUT2D eigenvalue weighted by Gasteiger charge is -2.24. The smallest absolute Gasteiger partial charge is 0.232 e. The summed E-state index contributed by atoms with van der Waals surface area (Å²) in [4.78, 5) is 12.3. The lowest BCUT2D eigenvalue weighted by Crippen LogP contribution is -2.32. The van der Waals surface area contributed by atoms with Crippen molar-refractivity contribution in [2.24, 2.45) is 5.92 Å². The Hall–Kier alpha value is -2.48. The first kappa shape index (κ1) is 15.4. The molecule has 1 aromatic heterocycles. The summed E-state index contributed by atoms with van der Waals surface area (Å²) in [5, 5.41) is 9.82. The van der Waals surface area contributed by atoms with E-state index in [1.54, 1.807) is 0 Å². The molecule has 1 unspecified atom stereocenters. The van der Waals surface area contributed by atoms with E-state index in [2.05, 4.69) is 15.5 Å². The molecule has 2 aromatic rings. The van der Waals surface area contributed by atoms with E-state index in [9.17, 15) is 13.2 Å². The van der Waals surface area contributed by atoms with Gasteiger partial charge in [0, 0.05) is 6.26 Å². The number of sulfone groups is 1. The zero-order chi connectivity index (χ0) is 16.4. The third-order valence-corrected chi connectivity index (χ3v) is 4.50. The Morgan fingerprint density at radius 2 is 2.00 bits per heavy atom. The number of hydrogen-bond donors (Lipinski definition) is 1. The van der Waals surface area contributed by atoms with Crippen molar-refractivity contribution in [1.29, 1.82) is 0 Å². The molecule has 8 heteroatoms. The number of nitrogens with one attached hydrogen (secondary N) is 1. The molecule has 2 heterocycles. The van der Waals surface area contributed by atoms with Crippen molar-refractivity contribution in [2.45, 2.75) is 11.4 Å². The number of fused-ring (bicyclic) bond motifs is 1. The highest BCUT2D eigenvalue weighted by molar-refractivity contribution is 7.90. The van der Waals surface area contributed by atoms with Crippen LogP contribution in [0.3, 0.4) is 0 Å². The molecule has 1 amide bonds. The Balaban J connectivity index is 1.68. The molecule has 0 spiro atoms. The maximum absolute atomic E-state index is 12.3. The first-order chi connectivity index (χ1) is 10.9. The Bertz CT molecular complexity index is 834. The van der Waals surface area contributed by atoms with Gasteiger partial charge in [0.05, 0.1) is 5.92 Å². The van der Waals surface area contributed by atoms with Crippen molar-refractivity contribution in [1.82, 2.24) is 10.2 Å². The standard InChI is InChI=1S/C15H15N3O4S/c1-23(20,21)14-7-6-13(17-18-14)16-15(19)11-8-10-4-2-3-5-12(10)22-9-11/h2-7,11H,8-9H2,1H3,(H,16,17,19). The summed E-state index contributed by atoms with van der Waals surface area (Å²) in [6.45, 7) is 0.289. The van der Waals surface area contributed by atoms with Crippen LogP contribution in [-0.2, 0) is 21.1 Å². The predicted molar refractivity (Wildman–Crippen MR) is 82.9 cm³/mol. The van der Waals surface area contributed by atoms with Crippen LogP contribution in [0.1, 0.15) is 5.56 Å². The monoisotopic (exact) mass is 333 g/mol. The molecule has 0 fully saturated rings. The van der Waals surface area contributed by atoms with E-state index in [1.165, 1.54) is 12.1 Å². The molecule has 0 aliphatic carbocycles. The molecule has 1 N–H and O–H groups in total. The minimum absolute atomic E-state index is 0.134. The van der Waals surface area contributed by atoms with Crippen LogP contribution in [0.5, 0.6) is 5.75 Å². The van der Waals surface area contributed by atoms with E-state index < -0.39 is 9.84 Å². The molecule has 3 rings (SSSR count). The number of nitrogens with zero attached hydrogens (tertiary/aromatic N) is 2. The Labute approximate surface area is 133 Å². The Kier molecular flexibility index (Phi) is 3.99. The molecular weight excluding hydrogens is 318 g/mol. The van der Waals surface area contributed by atoms with Crippen LogP contribution in [-0.4, -0.2) is 37.4 Å². The van der Waals surface area contributed by atoms with Crippen molar-refractivity contribution < 1.29 is 17.9 Å². The zero-order valence-electron chi connectivity index (χ0n) is 12.4. The molecule has 1 atom stereocenters. The van der Waals surface area contributed by atoms with Crippen molar-refractivity contribution >= 4 is 21.6 Å². The molecule has 7 nitrogen and oxygen atoms in total. The summed E-state index contributed by atoms with van der Waals surface area (Å²) in [5.74, 6) is 0.442. The fourth-order valence-corrected chi connectivity index (χ4v) is 2.81. The van der Waals surface area contributed by atoms with Crippen LogP contribution in [0.2, 0.25) is 0 Å². The maximum atomic E-state index is 12.3. The van der Waals surface area contributed by atoms with Crippen LogP contribution in [0.4, 0.5) is 5.82 Å². The van der Waals surface area contributed by atoms with Gasteiger partial charge in [-0.25, -0.2) is 8.42 Å². The molecule has 0 saturated carbocycles. The van der Waals surface area contributed by atoms with Crippen LogP contribution in [0.15, 0.2) is 41.4 Å². The largest absolute Gasteiger partial charge is 0.492 e. The van der Waals surface area contributed by atoms with Gasteiger partial charge in [0.25, 0.3) is 0 Å². The van der Waals surface area contributed by atoms with E-state index >= 15 is 0 Å². The fourth-order valence-electron chi connectivity index (χ4n) is 2.31. The summed E-state index contributed by atoms with van der Waals surface area (Å²) in [6.07, 6.45) is 1.63. The molecule has 1 aromatic carbocycles. The first-order valence-electron chi connectivity index (χ1n) is 6.99. The van der Waals surface area contributed by atoms with E-state index in [4.69, 9.17) is 4.74 Å². The number of benzene rings is 1. The molecule has 1 aliphatic rings. The normalized spacial score (nSPS) is 17.0. The molecule has 0 bridgehead atoms. The average Bonchev–Trinajstić information content (AvgIpc) is 2.54. The van der Waals surface area contributed by atoms with Gasteiger partial charge in [0.15, 0.2) is 20.7 Å². The van der Waals surface area contributed by atoms with Gasteiger partial charge in [-0.3, -0.25) is 4.79 Å². The van der Waals surface area contributed by atoms with Gasteiger partial charge >= 0.3 is 0 Å². The highest BCUT2D eigenvalue weighted by Gasteiger charge is 2.26. The van der Waals surface area contributed by atoms with Crippen LogP contribution in [0.25, 0.3) is 0 Å². The number of hydrogen-bond acceptors (Lipinski definition) is 6. The summed E-state index contributed by atoms with van der Waals surface area (Å²) in [6, 6.07) is 10.3. The van der Waals surface area contributed by atoms with Gasteiger partial charge < -0.3 is 10.1 Å². The number of ether oxygens (including phenoxy) is 1. The van der Waals surface area contributed by atoms with Crippen molar-refractivity contribution in [3.8, 4) is 5.75 Å². The topological polar surface area (TPSA) is 98.2 Å². The van der Waals surface area contributed by atoms with Crippen molar-refractivity contribution in [3.63, 3.8) is 0 Å². The maximum Gasteiger partial charge on any atom is 0.232 e. The second-order valence-corrected chi connectivity index (χ2v) is 7.30. The quantitative estimate of drug-likeness (QED) is 0.902. The van der Waals surface area contributed by atoms with Crippen LogP contribution >= 0.6 is 0 Å². The summed E-state index contributed by atoms with van der Waals surface area (Å²) in [5.41, 5.74) is 0.984. The van der Waals surface area contributed by atoms with E-state index in [0.29, 0.717) is 6.42 Å². The van der Waals surface area contributed by atoms with Gasteiger partial charge in [-0.15, -0.1) is 10.2 Å². The Morgan fingerprint density at radius 3 is 2.70 bits per heavy atom. The minimum atomic E-state index is -3.41. The lowest BCUT2D eigenvalue weighted by atomic mass is 9.96. The highest BCUT2D eigenvalue weighted by atomic mass is 32.2. The van der Waals surface area contributed by atoms with Crippen molar-refractivity contribution in [2.75, 3.05) is 18.2 Å². The number of anilines is 1. The number of carbonyl (C=O) groups excluding carboxylic acids is 1. The number of para-hydroxylation sites is 1. The second-order valence-electron chi connectivity index (χ2n) is 5.34.